The van der Waals surface area contributed by atoms with Crippen molar-refractivity contribution in [2.24, 2.45) is 0 Å². The molecule has 0 aliphatic carbocycles. The Morgan fingerprint density at radius 3 is 2.78 bits per heavy atom. The summed E-state index contributed by atoms with van der Waals surface area (Å²) in [4.78, 5) is 10.8. The number of halogens is 3. The standard InChI is InChI=1S/C12H8BrClFNO2/c13-11-4-8(12(17)18)6-16(11)5-7-3-9(15)1-2-10(7)14/h1-4,6H,5H2,(H,17,18). The lowest BCUT2D eigenvalue weighted by Crippen LogP contribution is -2.00. The predicted molar refractivity (Wildman–Crippen MR) is 69.6 cm³/mol. The molecule has 1 N–H and O–H groups in total. The van der Waals surface area contributed by atoms with E-state index in [1.807, 2.05) is 0 Å². The fourth-order valence-electron chi connectivity index (χ4n) is 1.56. The Bertz CT molecular complexity index is 612. The van der Waals surface area contributed by atoms with E-state index in [1.165, 1.54) is 30.5 Å². The highest BCUT2D eigenvalue weighted by Crippen LogP contribution is 2.22. The molecule has 0 saturated heterocycles. The van der Waals surface area contributed by atoms with E-state index in [4.69, 9.17) is 16.7 Å². The van der Waals surface area contributed by atoms with Crippen molar-refractivity contribution < 1.29 is 14.3 Å². The molecule has 0 fully saturated rings. The van der Waals surface area contributed by atoms with Crippen molar-refractivity contribution in [3.8, 4) is 0 Å². The lowest BCUT2D eigenvalue weighted by atomic mass is 10.2. The monoisotopic (exact) mass is 331 g/mol. The second-order valence-corrected chi connectivity index (χ2v) is 4.94. The first-order chi connectivity index (χ1) is 8.47. The molecule has 0 amide bonds. The third-order valence-corrected chi connectivity index (χ3v) is 3.49. The molecule has 6 heteroatoms. The van der Waals surface area contributed by atoms with E-state index in [0.717, 1.165) is 0 Å². The third-order valence-electron chi connectivity index (χ3n) is 2.44. The summed E-state index contributed by atoms with van der Waals surface area (Å²) in [7, 11) is 0. The summed E-state index contributed by atoms with van der Waals surface area (Å²) in [6.07, 6.45) is 1.47. The van der Waals surface area contributed by atoms with Crippen LogP contribution in [0.2, 0.25) is 5.02 Å². The summed E-state index contributed by atoms with van der Waals surface area (Å²) in [6.45, 7) is 0.296. The van der Waals surface area contributed by atoms with Crippen LogP contribution in [-0.2, 0) is 6.54 Å². The zero-order valence-electron chi connectivity index (χ0n) is 9.03. The maximum atomic E-state index is 13.1. The molecule has 1 heterocycles. The van der Waals surface area contributed by atoms with Crippen LogP contribution in [-0.4, -0.2) is 15.6 Å². The van der Waals surface area contributed by atoms with Crippen molar-refractivity contribution in [2.45, 2.75) is 6.54 Å². The number of rotatable bonds is 3. The number of carbonyl (C=O) groups is 1. The Hall–Kier alpha value is -1.33. The highest BCUT2D eigenvalue weighted by molar-refractivity contribution is 9.10. The van der Waals surface area contributed by atoms with Gasteiger partial charge in [0.15, 0.2) is 0 Å². The van der Waals surface area contributed by atoms with Crippen LogP contribution >= 0.6 is 27.5 Å². The van der Waals surface area contributed by atoms with Gasteiger partial charge in [-0.25, -0.2) is 9.18 Å². The van der Waals surface area contributed by atoms with Gasteiger partial charge in [0.05, 0.1) is 10.2 Å². The summed E-state index contributed by atoms with van der Waals surface area (Å²) in [5.74, 6) is -1.39. The largest absolute Gasteiger partial charge is 0.478 e. The Morgan fingerprint density at radius 2 is 2.17 bits per heavy atom. The minimum Gasteiger partial charge on any atom is -0.478 e. The summed E-state index contributed by atoms with van der Waals surface area (Å²) in [5, 5.41) is 9.31. The Labute approximate surface area is 116 Å². The average molecular weight is 333 g/mol. The topological polar surface area (TPSA) is 42.2 Å². The first kappa shape index (κ1) is 13.1. The van der Waals surface area contributed by atoms with Gasteiger partial charge in [-0.05, 0) is 45.8 Å². The van der Waals surface area contributed by atoms with E-state index < -0.39 is 5.97 Å². The summed E-state index contributed by atoms with van der Waals surface area (Å²) in [6, 6.07) is 5.56. The van der Waals surface area contributed by atoms with Crippen LogP contribution in [0.4, 0.5) is 4.39 Å². The molecule has 0 aliphatic rings. The van der Waals surface area contributed by atoms with Gasteiger partial charge in [0.2, 0.25) is 0 Å². The molecule has 2 aromatic rings. The average Bonchev–Trinajstić information content (AvgIpc) is 2.66. The molecule has 0 aliphatic heterocycles. The quantitative estimate of drug-likeness (QED) is 0.929. The molecule has 0 radical (unpaired) electrons. The van der Waals surface area contributed by atoms with Gasteiger partial charge in [0, 0.05) is 17.8 Å². The van der Waals surface area contributed by atoms with Gasteiger partial charge in [0.25, 0.3) is 0 Å². The molecule has 0 unspecified atom stereocenters. The van der Waals surface area contributed by atoms with E-state index in [0.29, 0.717) is 21.7 Å². The number of carboxylic acid groups (broad SMARTS) is 1. The van der Waals surface area contributed by atoms with Crippen LogP contribution in [0.25, 0.3) is 0 Å². The van der Waals surface area contributed by atoms with Crippen molar-refractivity contribution in [2.75, 3.05) is 0 Å². The number of benzene rings is 1. The van der Waals surface area contributed by atoms with Gasteiger partial charge in [-0.3, -0.25) is 0 Å². The van der Waals surface area contributed by atoms with E-state index in [1.54, 1.807) is 4.57 Å². The van der Waals surface area contributed by atoms with Crippen molar-refractivity contribution in [3.63, 3.8) is 0 Å². The predicted octanol–water partition coefficient (Wildman–Crippen LogP) is 3.79. The zero-order chi connectivity index (χ0) is 13.3. The number of nitrogens with zero attached hydrogens (tertiary/aromatic N) is 1. The maximum Gasteiger partial charge on any atom is 0.337 e. The summed E-state index contributed by atoms with van der Waals surface area (Å²) >= 11 is 9.20. The first-order valence-electron chi connectivity index (χ1n) is 5.00. The molecule has 0 atom stereocenters. The van der Waals surface area contributed by atoms with Gasteiger partial charge in [-0.1, -0.05) is 11.6 Å². The molecule has 0 bridgehead atoms. The van der Waals surface area contributed by atoms with Crippen LogP contribution in [0.3, 0.4) is 0 Å². The second-order valence-electron chi connectivity index (χ2n) is 3.72. The molecule has 18 heavy (non-hydrogen) atoms. The highest BCUT2D eigenvalue weighted by Gasteiger charge is 2.11. The van der Waals surface area contributed by atoms with E-state index >= 15 is 0 Å². The molecule has 0 saturated carbocycles. The van der Waals surface area contributed by atoms with Crippen molar-refractivity contribution in [1.29, 1.82) is 0 Å². The van der Waals surface area contributed by atoms with Crippen LogP contribution in [0.1, 0.15) is 15.9 Å². The Balaban J connectivity index is 2.34. The lowest BCUT2D eigenvalue weighted by molar-refractivity contribution is 0.0697. The Kier molecular flexibility index (Phi) is 3.73. The van der Waals surface area contributed by atoms with Crippen LogP contribution < -0.4 is 0 Å². The number of aromatic carboxylic acids is 1. The smallest absolute Gasteiger partial charge is 0.337 e. The summed E-state index contributed by atoms with van der Waals surface area (Å²) < 4.78 is 15.4. The lowest BCUT2D eigenvalue weighted by Gasteiger charge is -2.07. The first-order valence-corrected chi connectivity index (χ1v) is 6.17. The molecule has 3 nitrogen and oxygen atoms in total. The fraction of sp³-hybridized carbons (Fsp3) is 0.0833. The molecular formula is C12H8BrClFNO2. The molecular weight excluding hydrogens is 324 g/mol. The van der Waals surface area contributed by atoms with E-state index in [9.17, 15) is 9.18 Å². The number of aromatic nitrogens is 1. The number of hydrogen-bond donors (Lipinski definition) is 1. The summed E-state index contributed by atoms with van der Waals surface area (Å²) in [5.41, 5.74) is 0.749. The minimum atomic E-state index is -1.01. The molecule has 2 rings (SSSR count). The van der Waals surface area contributed by atoms with Crippen LogP contribution in [0.15, 0.2) is 35.1 Å². The van der Waals surface area contributed by atoms with Gasteiger partial charge in [-0.2, -0.15) is 0 Å². The number of carboxylic acids is 1. The number of hydrogen-bond acceptors (Lipinski definition) is 1. The van der Waals surface area contributed by atoms with Gasteiger partial charge >= 0.3 is 5.97 Å². The highest BCUT2D eigenvalue weighted by atomic mass is 79.9. The van der Waals surface area contributed by atoms with Crippen LogP contribution in [0.5, 0.6) is 0 Å². The minimum absolute atomic E-state index is 0.161. The molecule has 1 aromatic carbocycles. The van der Waals surface area contributed by atoms with Crippen molar-refractivity contribution in [1.82, 2.24) is 4.57 Å². The van der Waals surface area contributed by atoms with Gasteiger partial charge < -0.3 is 9.67 Å². The van der Waals surface area contributed by atoms with Crippen LogP contribution in [0, 0.1) is 5.82 Å². The normalized spacial score (nSPS) is 10.6. The van der Waals surface area contributed by atoms with Gasteiger partial charge in [0.1, 0.15) is 5.82 Å². The van der Waals surface area contributed by atoms with Gasteiger partial charge in [-0.15, -0.1) is 0 Å². The SMILES string of the molecule is O=C(O)c1cc(Br)n(Cc2cc(F)ccc2Cl)c1. The molecule has 0 spiro atoms. The second kappa shape index (κ2) is 5.12. The third kappa shape index (κ3) is 2.73. The zero-order valence-corrected chi connectivity index (χ0v) is 11.4. The Morgan fingerprint density at radius 1 is 1.44 bits per heavy atom. The van der Waals surface area contributed by atoms with Crippen molar-refractivity contribution >= 4 is 33.5 Å². The van der Waals surface area contributed by atoms with E-state index in [2.05, 4.69) is 15.9 Å². The van der Waals surface area contributed by atoms with E-state index in [-0.39, 0.29) is 11.4 Å². The fourth-order valence-corrected chi connectivity index (χ4v) is 2.22. The maximum absolute atomic E-state index is 13.1. The molecule has 1 aromatic heterocycles. The van der Waals surface area contributed by atoms with Crippen molar-refractivity contribution in [3.05, 3.63) is 57.0 Å². The molecule has 94 valence electrons.